The van der Waals surface area contributed by atoms with Crippen LogP contribution in [0.5, 0.6) is 0 Å². The topological polar surface area (TPSA) is 50.4 Å². The first-order chi connectivity index (χ1) is 15.5. The SMILES string of the molecule is OC1(C#Cc2cnc3nc(-c4ccc(Cl)cc4)c(-c4ccc(Cl)cc4)n3c2)CCCCC1. The van der Waals surface area contributed by atoms with Gasteiger partial charge in [-0.05, 0) is 49.9 Å². The van der Waals surface area contributed by atoms with Crippen LogP contribution in [0.3, 0.4) is 0 Å². The summed E-state index contributed by atoms with van der Waals surface area (Å²) in [6.45, 7) is 0. The van der Waals surface area contributed by atoms with E-state index < -0.39 is 5.60 Å². The molecule has 2 aromatic carbocycles. The molecule has 0 saturated heterocycles. The summed E-state index contributed by atoms with van der Waals surface area (Å²) in [5, 5.41) is 12.1. The van der Waals surface area contributed by atoms with Gasteiger partial charge in [0.1, 0.15) is 5.60 Å². The Morgan fingerprint density at radius 3 is 2.16 bits per heavy atom. The largest absolute Gasteiger partial charge is 0.378 e. The van der Waals surface area contributed by atoms with Crippen LogP contribution < -0.4 is 0 Å². The van der Waals surface area contributed by atoms with Crippen LogP contribution in [-0.4, -0.2) is 25.1 Å². The number of benzene rings is 2. The van der Waals surface area contributed by atoms with Crippen LogP contribution in [0, 0.1) is 11.8 Å². The molecule has 0 aliphatic heterocycles. The van der Waals surface area contributed by atoms with Crippen molar-refractivity contribution in [1.82, 2.24) is 14.4 Å². The minimum atomic E-state index is -0.907. The molecule has 5 rings (SSSR count). The molecule has 1 aliphatic carbocycles. The van der Waals surface area contributed by atoms with E-state index in [1.54, 1.807) is 6.20 Å². The first-order valence-corrected chi connectivity index (χ1v) is 11.4. The molecular weight excluding hydrogens is 441 g/mol. The lowest BCUT2D eigenvalue weighted by molar-refractivity contribution is 0.0610. The highest BCUT2D eigenvalue weighted by atomic mass is 35.5. The van der Waals surface area contributed by atoms with Gasteiger partial charge in [-0.1, -0.05) is 65.7 Å². The van der Waals surface area contributed by atoms with Crippen molar-refractivity contribution in [3.8, 4) is 34.4 Å². The summed E-state index contributed by atoms with van der Waals surface area (Å²) >= 11 is 12.2. The highest BCUT2D eigenvalue weighted by Crippen LogP contribution is 2.34. The van der Waals surface area contributed by atoms with Crippen LogP contribution in [0.25, 0.3) is 28.3 Å². The maximum absolute atomic E-state index is 10.7. The number of fused-ring (bicyclic) bond motifs is 1. The van der Waals surface area contributed by atoms with Gasteiger partial charge in [-0.3, -0.25) is 4.40 Å². The van der Waals surface area contributed by atoms with E-state index >= 15 is 0 Å². The lowest BCUT2D eigenvalue weighted by Crippen LogP contribution is -2.29. The minimum Gasteiger partial charge on any atom is -0.378 e. The fourth-order valence-electron chi connectivity index (χ4n) is 4.14. The Balaban J connectivity index is 1.65. The molecule has 6 heteroatoms. The summed E-state index contributed by atoms with van der Waals surface area (Å²) in [7, 11) is 0. The van der Waals surface area contributed by atoms with Gasteiger partial charge < -0.3 is 5.11 Å². The highest BCUT2D eigenvalue weighted by molar-refractivity contribution is 6.31. The normalized spacial score (nSPS) is 15.3. The van der Waals surface area contributed by atoms with E-state index in [4.69, 9.17) is 28.2 Å². The number of aliphatic hydroxyl groups is 1. The van der Waals surface area contributed by atoms with Crippen LogP contribution in [0.1, 0.15) is 37.7 Å². The Kier molecular flexibility index (Phi) is 5.65. The molecule has 2 heterocycles. The number of imidazole rings is 1. The zero-order valence-electron chi connectivity index (χ0n) is 17.4. The molecular formula is C26H21Cl2N3O. The average molecular weight is 462 g/mol. The second kappa shape index (κ2) is 8.60. The second-order valence-electron chi connectivity index (χ2n) is 8.18. The lowest BCUT2D eigenvalue weighted by Gasteiger charge is -2.26. The van der Waals surface area contributed by atoms with E-state index in [1.807, 2.05) is 59.1 Å². The first kappa shape index (κ1) is 21.0. The van der Waals surface area contributed by atoms with Crippen molar-refractivity contribution >= 4 is 29.0 Å². The Bertz CT molecular complexity index is 1330. The van der Waals surface area contributed by atoms with E-state index in [9.17, 15) is 5.11 Å². The van der Waals surface area contributed by atoms with Crippen molar-refractivity contribution in [1.29, 1.82) is 0 Å². The van der Waals surface area contributed by atoms with Gasteiger partial charge >= 0.3 is 0 Å². The summed E-state index contributed by atoms with van der Waals surface area (Å²) < 4.78 is 1.95. The zero-order valence-corrected chi connectivity index (χ0v) is 18.9. The summed E-state index contributed by atoms with van der Waals surface area (Å²) in [6.07, 6.45) is 8.25. The van der Waals surface area contributed by atoms with Crippen LogP contribution in [-0.2, 0) is 0 Å². The van der Waals surface area contributed by atoms with Crippen LogP contribution in [0.2, 0.25) is 10.0 Å². The highest BCUT2D eigenvalue weighted by Gasteiger charge is 2.26. The van der Waals surface area contributed by atoms with Crippen molar-refractivity contribution < 1.29 is 5.11 Å². The number of nitrogens with zero attached hydrogens (tertiary/aromatic N) is 3. The van der Waals surface area contributed by atoms with Gasteiger partial charge in [0, 0.05) is 33.6 Å². The molecule has 0 bridgehead atoms. The van der Waals surface area contributed by atoms with Gasteiger partial charge in [0.15, 0.2) is 0 Å². The molecule has 0 unspecified atom stereocenters. The molecule has 4 aromatic rings. The Morgan fingerprint density at radius 1 is 0.875 bits per heavy atom. The quantitative estimate of drug-likeness (QED) is 0.350. The molecule has 4 nitrogen and oxygen atoms in total. The summed E-state index contributed by atoms with van der Waals surface area (Å²) in [5.74, 6) is 6.80. The maximum Gasteiger partial charge on any atom is 0.234 e. The third kappa shape index (κ3) is 4.25. The Labute approximate surface area is 196 Å². The van der Waals surface area contributed by atoms with Gasteiger partial charge in [-0.15, -0.1) is 0 Å². The van der Waals surface area contributed by atoms with Crippen LogP contribution in [0.4, 0.5) is 0 Å². The molecule has 1 aliphatic rings. The number of aromatic nitrogens is 3. The minimum absolute atomic E-state index is 0.571. The molecule has 0 atom stereocenters. The Morgan fingerprint density at radius 2 is 1.50 bits per heavy atom. The molecule has 0 spiro atoms. The number of halogens is 2. The molecule has 160 valence electrons. The summed E-state index contributed by atoms with van der Waals surface area (Å²) in [4.78, 5) is 9.34. The monoisotopic (exact) mass is 461 g/mol. The van der Waals surface area contributed by atoms with E-state index in [0.29, 0.717) is 15.8 Å². The van der Waals surface area contributed by atoms with E-state index in [0.717, 1.165) is 60.2 Å². The fraction of sp³-hybridized carbons (Fsp3) is 0.231. The van der Waals surface area contributed by atoms with Gasteiger partial charge in [-0.2, -0.15) is 0 Å². The van der Waals surface area contributed by atoms with Crippen LogP contribution >= 0.6 is 23.2 Å². The third-order valence-electron chi connectivity index (χ3n) is 5.84. The van der Waals surface area contributed by atoms with Gasteiger partial charge in [0.25, 0.3) is 0 Å². The molecule has 1 fully saturated rings. The third-order valence-corrected chi connectivity index (χ3v) is 6.34. The summed E-state index contributed by atoms with van der Waals surface area (Å²) in [5.41, 5.74) is 3.42. The van der Waals surface area contributed by atoms with E-state index in [-0.39, 0.29) is 0 Å². The number of rotatable bonds is 2. The summed E-state index contributed by atoms with van der Waals surface area (Å²) in [6, 6.07) is 15.2. The maximum atomic E-state index is 10.7. The lowest BCUT2D eigenvalue weighted by atomic mass is 9.85. The van der Waals surface area contributed by atoms with Gasteiger partial charge in [0.05, 0.1) is 17.0 Å². The van der Waals surface area contributed by atoms with E-state index in [1.165, 1.54) is 0 Å². The van der Waals surface area contributed by atoms with Crippen LogP contribution in [0.15, 0.2) is 60.9 Å². The number of hydrogen-bond donors (Lipinski definition) is 1. The number of hydrogen-bond acceptors (Lipinski definition) is 3. The first-order valence-electron chi connectivity index (χ1n) is 10.7. The van der Waals surface area contributed by atoms with E-state index in [2.05, 4.69) is 16.8 Å². The van der Waals surface area contributed by atoms with Gasteiger partial charge in [0.2, 0.25) is 5.78 Å². The van der Waals surface area contributed by atoms with Gasteiger partial charge in [-0.25, -0.2) is 9.97 Å². The van der Waals surface area contributed by atoms with Crippen molar-refractivity contribution in [3.05, 3.63) is 76.5 Å². The van der Waals surface area contributed by atoms with Crippen molar-refractivity contribution in [3.63, 3.8) is 0 Å². The predicted molar refractivity (Wildman–Crippen MR) is 129 cm³/mol. The molecule has 1 saturated carbocycles. The zero-order chi connectivity index (χ0) is 22.1. The van der Waals surface area contributed by atoms with Crippen molar-refractivity contribution in [2.75, 3.05) is 0 Å². The molecule has 1 N–H and O–H groups in total. The Hall–Kier alpha value is -2.84. The smallest absolute Gasteiger partial charge is 0.234 e. The molecule has 32 heavy (non-hydrogen) atoms. The van der Waals surface area contributed by atoms with Crippen molar-refractivity contribution in [2.24, 2.45) is 0 Å². The fourth-order valence-corrected chi connectivity index (χ4v) is 4.39. The second-order valence-corrected chi connectivity index (χ2v) is 9.05. The molecule has 0 amide bonds. The van der Waals surface area contributed by atoms with Crippen molar-refractivity contribution in [2.45, 2.75) is 37.7 Å². The average Bonchev–Trinajstić information content (AvgIpc) is 3.18. The standard InChI is InChI=1S/C26H21Cl2N3O/c27-21-8-4-19(5-9-21)23-24(20-6-10-22(28)11-7-20)31-17-18(16-29-25(31)30-23)12-15-26(32)13-2-1-3-14-26/h4-11,16-17,32H,1-3,13-14H2. The predicted octanol–water partition coefficient (Wildman–Crippen LogP) is 6.42. The molecule has 2 aromatic heterocycles. The molecule has 0 radical (unpaired) electrons.